The molecule has 1 fully saturated rings. The predicted octanol–water partition coefficient (Wildman–Crippen LogP) is 2.58. The van der Waals surface area contributed by atoms with E-state index in [1.54, 1.807) is 0 Å². The highest BCUT2D eigenvalue weighted by atomic mass is 19.2. The van der Waals surface area contributed by atoms with Gasteiger partial charge < -0.3 is 9.47 Å². The lowest BCUT2D eigenvalue weighted by Gasteiger charge is -2.11. The monoisotopic (exact) mass is 278 g/mol. The van der Waals surface area contributed by atoms with Gasteiger partial charge in [0, 0.05) is 6.61 Å². The van der Waals surface area contributed by atoms with Crippen molar-refractivity contribution < 1.29 is 31.8 Å². The Morgan fingerprint density at radius 2 is 2.00 bits per heavy atom. The van der Waals surface area contributed by atoms with Crippen molar-refractivity contribution in [1.29, 1.82) is 0 Å². The SMILES string of the molecule is O=C(OCC1CCCO1)c1cc(F)c(F)c(F)c1F. The summed E-state index contributed by atoms with van der Waals surface area (Å²) in [7, 11) is 0. The van der Waals surface area contributed by atoms with Crippen molar-refractivity contribution >= 4 is 5.97 Å². The van der Waals surface area contributed by atoms with Crippen molar-refractivity contribution in [2.24, 2.45) is 0 Å². The summed E-state index contributed by atoms with van der Waals surface area (Å²) in [6.45, 7) is 0.398. The van der Waals surface area contributed by atoms with E-state index in [9.17, 15) is 22.4 Å². The molecule has 0 bridgehead atoms. The van der Waals surface area contributed by atoms with Crippen LogP contribution in [-0.2, 0) is 9.47 Å². The molecule has 0 amide bonds. The quantitative estimate of drug-likeness (QED) is 0.369. The minimum absolute atomic E-state index is 0.140. The van der Waals surface area contributed by atoms with E-state index in [0.29, 0.717) is 13.0 Å². The number of carbonyl (C=O) groups excluding carboxylic acids is 1. The molecule has 19 heavy (non-hydrogen) atoms. The van der Waals surface area contributed by atoms with Crippen LogP contribution in [0.25, 0.3) is 0 Å². The van der Waals surface area contributed by atoms with Crippen LogP contribution in [0.2, 0.25) is 0 Å². The van der Waals surface area contributed by atoms with Crippen LogP contribution in [0, 0.1) is 23.3 Å². The lowest BCUT2D eigenvalue weighted by atomic mass is 10.2. The Bertz CT molecular complexity index is 498. The Morgan fingerprint density at radius 3 is 2.63 bits per heavy atom. The molecule has 1 unspecified atom stereocenters. The van der Waals surface area contributed by atoms with E-state index < -0.39 is 34.8 Å². The molecule has 1 aliphatic rings. The van der Waals surface area contributed by atoms with E-state index in [1.807, 2.05) is 0 Å². The standard InChI is InChI=1S/C12H10F4O3/c13-8-4-7(9(14)11(16)10(8)15)12(17)19-5-6-2-1-3-18-6/h4,6H,1-3,5H2. The van der Waals surface area contributed by atoms with Gasteiger partial charge in [0.15, 0.2) is 23.3 Å². The summed E-state index contributed by atoms with van der Waals surface area (Å²) in [6, 6.07) is 0.269. The van der Waals surface area contributed by atoms with Gasteiger partial charge in [-0.3, -0.25) is 0 Å². The Hall–Kier alpha value is -1.63. The molecule has 0 aliphatic carbocycles. The van der Waals surface area contributed by atoms with Crippen LogP contribution in [0.4, 0.5) is 17.6 Å². The van der Waals surface area contributed by atoms with Gasteiger partial charge in [-0.25, -0.2) is 22.4 Å². The largest absolute Gasteiger partial charge is 0.459 e. The molecule has 7 heteroatoms. The summed E-state index contributed by atoms with van der Waals surface area (Å²) in [5, 5.41) is 0. The van der Waals surface area contributed by atoms with E-state index in [1.165, 1.54) is 0 Å². The lowest BCUT2D eigenvalue weighted by molar-refractivity contribution is 0.0156. The molecular formula is C12H10F4O3. The highest BCUT2D eigenvalue weighted by molar-refractivity contribution is 5.89. The molecule has 1 aromatic rings. The summed E-state index contributed by atoms with van der Waals surface area (Å²) in [6.07, 6.45) is 1.19. The van der Waals surface area contributed by atoms with Gasteiger partial charge in [0.2, 0.25) is 0 Å². The molecule has 3 nitrogen and oxygen atoms in total. The number of halogens is 4. The maximum Gasteiger partial charge on any atom is 0.341 e. The first kappa shape index (κ1) is 13.8. The molecule has 1 saturated heterocycles. The minimum atomic E-state index is -2.04. The van der Waals surface area contributed by atoms with E-state index in [0.717, 1.165) is 6.42 Å². The van der Waals surface area contributed by atoms with Crippen molar-refractivity contribution in [2.75, 3.05) is 13.2 Å². The smallest absolute Gasteiger partial charge is 0.341 e. The highest BCUT2D eigenvalue weighted by Gasteiger charge is 2.25. The van der Waals surface area contributed by atoms with Crippen LogP contribution < -0.4 is 0 Å². The lowest BCUT2D eigenvalue weighted by Crippen LogP contribution is -2.19. The molecule has 0 radical (unpaired) electrons. The molecule has 0 spiro atoms. The fourth-order valence-corrected chi connectivity index (χ4v) is 1.74. The zero-order valence-electron chi connectivity index (χ0n) is 9.72. The number of esters is 1. The molecule has 1 heterocycles. The Balaban J connectivity index is 2.10. The van der Waals surface area contributed by atoms with Gasteiger partial charge in [-0.1, -0.05) is 0 Å². The van der Waals surface area contributed by atoms with Gasteiger partial charge >= 0.3 is 5.97 Å². The fourth-order valence-electron chi connectivity index (χ4n) is 1.74. The van der Waals surface area contributed by atoms with Crippen molar-refractivity contribution in [3.8, 4) is 0 Å². The van der Waals surface area contributed by atoms with Gasteiger partial charge in [0.05, 0.1) is 6.10 Å². The molecule has 1 aromatic carbocycles. The average molecular weight is 278 g/mol. The third-order valence-corrected chi connectivity index (χ3v) is 2.75. The van der Waals surface area contributed by atoms with Crippen LogP contribution in [0.5, 0.6) is 0 Å². The molecular weight excluding hydrogens is 268 g/mol. The number of ether oxygens (including phenoxy) is 2. The fraction of sp³-hybridized carbons (Fsp3) is 0.417. The van der Waals surface area contributed by atoms with Crippen LogP contribution in [0.15, 0.2) is 6.07 Å². The average Bonchev–Trinajstić information content (AvgIpc) is 2.91. The van der Waals surface area contributed by atoms with Crippen LogP contribution in [-0.4, -0.2) is 25.3 Å². The third kappa shape index (κ3) is 2.86. The topological polar surface area (TPSA) is 35.5 Å². The second kappa shape index (κ2) is 5.56. The predicted molar refractivity (Wildman–Crippen MR) is 55.5 cm³/mol. The Kier molecular flexibility index (Phi) is 4.04. The zero-order valence-corrected chi connectivity index (χ0v) is 9.72. The summed E-state index contributed by atoms with van der Waals surface area (Å²) in [4.78, 5) is 11.5. The second-order valence-corrected chi connectivity index (χ2v) is 4.08. The number of hydrogen-bond acceptors (Lipinski definition) is 3. The Labute approximate surface area is 106 Å². The number of rotatable bonds is 3. The maximum atomic E-state index is 13.3. The first-order valence-corrected chi connectivity index (χ1v) is 5.62. The summed E-state index contributed by atoms with van der Waals surface area (Å²) in [5.41, 5.74) is -0.977. The molecule has 104 valence electrons. The zero-order chi connectivity index (χ0) is 14.0. The number of carbonyl (C=O) groups is 1. The minimum Gasteiger partial charge on any atom is -0.459 e. The van der Waals surface area contributed by atoms with Crippen LogP contribution >= 0.6 is 0 Å². The third-order valence-electron chi connectivity index (χ3n) is 2.75. The summed E-state index contributed by atoms with van der Waals surface area (Å²) in [5.74, 6) is -8.68. The molecule has 1 aliphatic heterocycles. The highest BCUT2D eigenvalue weighted by Crippen LogP contribution is 2.20. The van der Waals surface area contributed by atoms with Gasteiger partial charge in [0.25, 0.3) is 0 Å². The van der Waals surface area contributed by atoms with Crippen molar-refractivity contribution in [3.05, 3.63) is 34.9 Å². The first-order chi connectivity index (χ1) is 9.00. The summed E-state index contributed by atoms with van der Waals surface area (Å²) < 4.78 is 61.7. The summed E-state index contributed by atoms with van der Waals surface area (Å²) >= 11 is 0. The molecule has 0 N–H and O–H groups in total. The molecule has 0 aromatic heterocycles. The molecule has 0 saturated carbocycles. The first-order valence-electron chi connectivity index (χ1n) is 5.62. The van der Waals surface area contributed by atoms with Gasteiger partial charge in [-0.2, -0.15) is 0 Å². The van der Waals surface area contributed by atoms with E-state index >= 15 is 0 Å². The maximum absolute atomic E-state index is 13.3. The van der Waals surface area contributed by atoms with E-state index in [4.69, 9.17) is 4.74 Å². The van der Waals surface area contributed by atoms with Crippen molar-refractivity contribution in [1.82, 2.24) is 0 Å². The Morgan fingerprint density at radius 1 is 1.26 bits per heavy atom. The molecule has 2 rings (SSSR count). The van der Waals surface area contributed by atoms with Crippen LogP contribution in [0.1, 0.15) is 23.2 Å². The van der Waals surface area contributed by atoms with Crippen molar-refractivity contribution in [2.45, 2.75) is 18.9 Å². The number of benzene rings is 1. The second-order valence-electron chi connectivity index (χ2n) is 4.08. The van der Waals surface area contributed by atoms with E-state index in [-0.39, 0.29) is 18.8 Å². The normalized spacial score (nSPS) is 18.6. The van der Waals surface area contributed by atoms with E-state index in [2.05, 4.69) is 4.74 Å². The molecule has 1 atom stereocenters. The van der Waals surface area contributed by atoms with Crippen LogP contribution in [0.3, 0.4) is 0 Å². The van der Waals surface area contributed by atoms with Gasteiger partial charge in [-0.15, -0.1) is 0 Å². The van der Waals surface area contributed by atoms with Crippen molar-refractivity contribution in [3.63, 3.8) is 0 Å². The van der Waals surface area contributed by atoms with Gasteiger partial charge in [-0.05, 0) is 18.9 Å². The number of hydrogen-bond donors (Lipinski definition) is 0. The van der Waals surface area contributed by atoms with Gasteiger partial charge in [0.1, 0.15) is 12.2 Å².